The normalized spacial score (nSPS) is 11.8. The van der Waals surface area contributed by atoms with E-state index in [1.165, 1.54) is 54.2 Å². The summed E-state index contributed by atoms with van der Waals surface area (Å²) in [6.07, 6.45) is 3.77. The van der Waals surface area contributed by atoms with Crippen LogP contribution in [0.1, 0.15) is 24.2 Å². The molecule has 4 N–H and O–H groups in total. The van der Waals surface area contributed by atoms with E-state index in [0.717, 1.165) is 19.2 Å². The van der Waals surface area contributed by atoms with E-state index >= 15 is 0 Å². The molecule has 0 spiro atoms. The van der Waals surface area contributed by atoms with E-state index in [2.05, 4.69) is 30.7 Å². The fourth-order valence-electron chi connectivity index (χ4n) is 4.23. The Morgan fingerprint density at radius 1 is 1.11 bits per heavy atom. The number of aromatic amines is 1. The van der Waals surface area contributed by atoms with Crippen molar-refractivity contribution in [2.45, 2.75) is 32.0 Å². The molecular weight excluding hydrogens is 597 g/mol. The standard InChI is InChI=1S/C30H29F3N6O6/c1-34-26(40)8-4-3-6-21(37-30(43)44-2)28(41)36-22-7-5-11-39(29(22)42)15-25-35-23-13-19(32)14-24(27(23)38-25)45-16-17-9-10-18(31)12-20(17)33/h4-5,7-14,21H,3,6,15-16H2,1-2H3,(H,34,40)(H,35,38)(H,36,41)(H,37,43)/b8-4+. The van der Waals surface area contributed by atoms with Crippen LogP contribution >= 0.6 is 0 Å². The molecule has 2 aromatic heterocycles. The molecule has 45 heavy (non-hydrogen) atoms. The third-order valence-corrected chi connectivity index (χ3v) is 6.49. The Hall–Kier alpha value is -5.60. The van der Waals surface area contributed by atoms with Crippen LogP contribution in [-0.4, -0.2) is 52.6 Å². The lowest BCUT2D eigenvalue weighted by atomic mass is 10.1. The minimum atomic E-state index is -1.09. The van der Waals surface area contributed by atoms with Gasteiger partial charge in [-0.25, -0.2) is 22.9 Å². The van der Waals surface area contributed by atoms with Crippen LogP contribution in [0.25, 0.3) is 11.0 Å². The molecule has 1 unspecified atom stereocenters. The Bertz CT molecular complexity index is 1800. The van der Waals surface area contributed by atoms with Gasteiger partial charge in [0.1, 0.15) is 47.1 Å². The van der Waals surface area contributed by atoms with E-state index in [0.29, 0.717) is 6.07 Å². The van der Waals surface area contributed by atoms with Crippen molar-refractivity contribution in [1.82, 2.24) is 25.2 Å². The highest BCUT2D eigenvalue weighted by atomic mass is 19.1. The van der Waals surface area contributed by atoms with Gasteiger partial charge < -0.3 is 35.0 Å². The SMILES string of the molecule is CNC(=O)/C=C/CCC(NC(=O)OC)C(=O)Nc1cccn(Cc2nc3c(OCc4ccc(F)cc4F)cc(F)cc3[nH]2)c1=O. The van der Waals surface area contributed by atoms with Gasteiger partial charge in [-0.2, -0.15) is 0 Å². The van der Waals surface area contributed by atoms with Crippen LogP contribution in [-0.2, 0) is 27.5 Å². The van der Waals surface area contributed by atoms with Gasteiger partial charge in [0.15, 0.2) is 5.75 Å². The number of alkyl carbamates (subject to hydrolysis) is 1. The van der Waals surface area contributed by atoms with Crippen LogP contribution in [0, 0.1) is 17.5 Å². The molecule has 12 nitrogen and oxygen atoms in total. The highest BCUT2D eigenvalue weighted by Gasteiger charge is 2.22. The quantitative estimate of drug-likeness (QED) is 0.175. The van der Waals surface area contributed by atoms with Crippen LogP contribution < -0.4 is 26.2 Å². The minimum absolute atomic E-state index is 0.00102. The third kappa shape index (κ3) is 8.49. The Labute approximate surface area is 254 Å². The monoisotopic (exact) mass is 626 g/mol. The lowest BCUT2D eigenvalue weighted by molar-refractivity contribution is -0.118. The van der Waals surface area contributed by atoms with Gasteiger partial charge in [0, 0.05) is 30.9 Å². The van der Waals surface area contributed by atoms with Gasteiger partial charge in [-0.1, -0.05) is 6.08 Å². The second-order valence-corrected chi connectivity index (χ2v) is 9.63. The van der Waals surface area contributed by atoms with Crippen LogP contribution in [0.15, 0.2) is 65.6 Å². The summed E-state index contributed by atoms with van der Waals surface area (Å²) in [7, 11) is 2.61. The molecule has 4 aromatic rings. The van der Waals surface area contributed by atoms with E-state index in [4.69, 9.17) is 4.74 Å². The number of imidazole rings is 1. The van der Waals surface area contributed by atoms with E-state index in [9.17, 15) is 32.3 Å². The maximum atomic E-state index is 14.3. The van der Waals surface area contributed by atoms with Crippen molar-refractivity contribution in [3.63, 3.8) is 0 Å². The molecule has 3 amide bonds. The second-order valence-electron chi connectivity index (χ2n) is 9.63. The number of hydrogen-bond donors (Lipinski definition) is 4. The molecule has 0 radical (unpaired) electrons. The van der Waals surface area contributed by atoms with Crippen LogP contribution in [0.3, 0.4) is 0 Å². The number of amides is 3. The van der Waals surface area contributed by atoms with Crippen LogP contribution in [0.5, 0.6) is 5.75 Å². The van der Waals surface area contributed by atoms with Crippen LogP contribution in [0.2, 0.25) is 0 Å². The summed E-state index contributed by atoms with van der Waals surface area (Å²) in [4.78, 5) is 56.8. The number of nitrogens with zero attached hydrogens (tertiary/aromatic N) is 2. The number of ether oxygens (including phenoxy) is 2. The number of carbonyl (C=O) groups is 3. The molecule has 4 rings (SSSR count). The van der Waals surface area contributed by atoms with Gasteiger partial charge >= 0.3 is 6.09 Å². The number of rotatable bonds is 12. The number of H-pyrrole nitrogens is 1. The predicted molar refractivity (Wildman–Crippen MR) is 157 cm³/mol. The van der Waals surface area contributed by atoms with Crippen molar-refractivity contribution < 1.29 is 37.0 Å². The maximum absolute atomic E-state index is 14.3. The molecule has 0 saturated heterocycles. The van der Waals surface area contributed by atoms with Gasteiger partial charge in [-0.15, -0.1) is 0 Å². The van der Waals surface area contributed by atoms with Gasteiger partial charge in [-0.05, 0) is 49.2 Å². The van der Waals surface area contributed by atoms with Crippen molar-refractivity contribution in [3.05, 3.63) is 100 Å². The molecule has 0 aliphatic rings. The van der Waals surface area contributed by atoms with Crippen molar-refractivity contribution in [2.75, 3.05) is 19.5 Å². The number of pyridine rings is 1. The first-order valence-electron chi connectivity index (χ1n) is 13.6. The Kier molecular flexibility index (Phi) is 10.6. The number of hydrogen-bond acceptors (Lipinski definition) is 7. The van der Waals surface area contributed by atoms with Crippen molar-refractivity contribution in [1.29, 1.82) is 0 Å². The summed E-state index contributed by atoms with van der Waals surface area (Å²) in [5.41, 5.74) is -0.170. The number of nitrogens with one attached hydrogen (secondary N) is 4. The minimum Gasteiger partial charge on any atom is -0.486 e. The maximum Gasteiger partial charge on any atom is 0.407 e. The van der Waals surface area contributed by atoms with Gasteiger partial charge in [0.2, 0.25) is 11.8 Å². The molecule has 2 aromatic carbocycles. The highest BCUT2D eigenvalue weighted by Crippen LogP contribution is 2.27. The Morgan fingerprint density at radius 3 is 2.64 bits per heavy atom. The molecule has 1 atom stereocenters. The van der Waals surface area contributed by atoms with E-state index in [-0.39, 0.29) is 65.8 Å². The number of anilines is 1. The van der Waals surface area contributed by atoms with Crippen molar-refractivity contribution in [3.8, 4) is 5.75 Å². The topological polar surface area (TPSA) is 156 Å². The number of halogens is 3. The number of likely N-dealkylation sites (N-methyl/N-ethyl adjacent to an activating group) is 1. The highest BCUT2D eigenvalue weighted by molar-refractivity contribution is 5.96. The van der Waals surface area contributed by atoms with E-state index in [1.807, 2.05) is 0 Å². The number of benzene rings is 2. The smallest absolute Gasteiger partial charge is 0.407 e. The second kappa shape index (κ2) is 14.7. The van der Waals surface area contributed by atoms with Gasteiger partial charge in [0.05, 0.1) is 19.2 Å². The third-order valence-electron chi connectivity index (χ3n) is 6.49. The van der Waals surface area contributed by atoms with E-state index < -0.39 is 41.1 Å². The molecule has 2 heterocycles. The molecule has 0 fully saturated rings. The zero-order valence-electron chi connectivity index (χ0n) is 24.2. The zero-order chi connectivity index (χ0) is 32.5. The number of carbonyl (C=O) groups excluding carboxylic acids is 3. The first-order chi connectivity index (χ1) is 21.6. The summed E-state index contributed by atoms with van der Waals surface area (Å²) in [5, 5.41) is 7.33. The van der Waals surface area contributed by atoms with Crippen LogP contribution in [0.4, 0.5) is 23.7 Å². The summed E-state index contributed by atoms with van der Waals surface area (Å²) in [6.45, 7) is -0.427. The summed E-state index contributed by atoms with van der Waals surface area (Å²) in [5.74, 6) is -3.01. The zero-order valence-corrected chi connectivity index (χ0v) is 24.2. The predicted octanol–water partition coefficient (Wildman–Crippen LogP) is 3.51. The number of methoxy groups -OCH3 is 1. The first-order valence-corrected chi connectivity index (χ1v) is 13.6. The lowest BCUT2D eigenvalue weighted by Gasteiger charge is -2.17. The van der Waals surface area contributed by atoms with E-state index in [1.54, 1.807) is 0 Å². The average molecular weight is 627 g/mol. The van der Waals surface area contributed by atoms with Gasteiger partial charge in [-0.3, -0.25) is 14.4 Å². The lowest BCUT2D eigenvalue weighted by Crippen LogP contribution is -2.44. The largest absolute Gasteiger partial charge is 0.486 e. The fourth-order valence-corrected chi connectivity index (χ4v) is 4.23. The molecular formula is C30H29F3N6O6. The molecule has 236 valence electrons. The molecule has 0 aliphatic heterocycles. The first kappa shape index (κ1) is 32.3. The van der Waals surface area contributed by atoms with Crippen molar-refractivity contribution >= 4 is 34.6 Å². The summed E-state index contributed by atoms with van der Waals surface area (Å²) in [6, 6.07) is 7.06. The van der Waals surface area contributed by atoms with Gasteiger partial charge in [0.25, 0.3) is 5.56 Å². The average Bonchev–Trinajstić information content (AvgIpc) is 3.41. The Morgan fingerprint density at radius 2 is 1.91 bits per heavy atom. The molecule has 0 aliphatic carbocycles. The molecule has 0 saturated carbocycles. The number of fused-ring (bicyclic) bond motifs is 1. The Balaban J connectivity index is 1.50. The number of aromatic nitrogens is 3. The summed E-state index contributed by atoms with van der Waals surface area (Å²) >= 11 is 0. The summed E-state index contributed by atoms with van der Waals surface area (Å²) < 4.78 is 53.1. The molecule has 15 heteroatoms. The van der Waals surface area contributed by atoms with Crippen molar-refractivity contribution in [2.24, 2.45) is 0 Å². The number of allylic oxidation sites excluding steroid dienone is 1. The molecule has 0 bridgehead atoms. The fraction of sp³-hybridized carbons (Fsp3) is 0.233.